The molecular weight excluding hydrogens is 262 g/mol. The predicted octanol–water partition coefficient (Wildman–Crippen LogP) is 2.81. The van der Waals surface area contributed by atoms with Gasteiger partial charge in [-0.05, 0) is 25.2 Å². The highest BCUT2D eigenvalue weighted by Crippen LogP contribution is 2.30. The molecule has 0 amide bonds. The fraction of sp³-hybridized carbons (Fsp3) is 0.875. The Balaban J connectivity index is 1.65. The van der Waals surface area contributed by atoms with Crippen LogP contribution in [0.4, 0.5) is 5.95 Å². The van der Waals surface area contributed by atoms with E-state index in [4.69, 9.17) is 10.7 Å². The molecule has 0 bridgehead atoms. The molecule has 0 aromatic carbocycles. The lowest BCUT2D eigenvalue weighted by atomic mass is 9.91. The van der Waals surface area contributed by atoms with E-state index in [0.29, 0.717) is 11.8 Å². The van der Waals surface area contributed by atoms with Gasteiger partial charge in [0.15, 0.2) is 0 Å². The van der Waals surface area contributed by atoms with Crippen LogP contribution in [0.1, 0.15) is 70.0 Å². The maximum Gasteiger partial charge on any atom is 0.244 e. The van der Waals surface area contributed by atoms with E-state index < -0.39 is 0 Å². The van der Waals surface area contributed by atoms with Gasteiger partial charge in [-0.1, -0.05) is 39.0 Å². The molecule has 21 heavy (non-hydrogen) atoms. The molecule has 2 unspecified atom stereocenters. The van der Waals surface area contributed by atoms with Gasteiger partial charge in [0.05, 0.1) is 0 Å². The number of hydrogen-bond acceptors (Lipinski definition) is 4. The summed E-state index contributed by atoms with van der Waals surface area (Å²) in [7, 11) is 0. The van der Waals surface area contributed by atoms with Crippen LogP contribution < -0.4 is 10.6 Å². The molecule has 2 atom stereocenters. The van der Waals surface area contributed by atoms with Crippen molar-refractivity contribution in [3.63, 3.8) is 0 Å². The van der Waals surface area contributed by atoms with Crippen molar-refractivity contribution in [2.45, 2.75) is 70.3 Å². The minimum atomic E-state index is 0.238. The van der Waals surface area contributed by atoms with Crippen molar-refractivity contribution < 1.29 is 0 Å². The van der Waals surface area contributed by atoms with E-state index in [1.54, 1.807) is 0 Å². The third kappa shape index (κ3) is 3.57. The minimum absolute atomic E-state index is 0.238. The number of rotatable bonds is 2. The molecule has 2 aliphatic rings. The zero-order chi connectivity index (χ0) is 14.7. The van der Waals surface area contributed by atoms with E-state index in [9.17, 15) is 0 Å². The third-order valence-electron chi connectivity index (χ3n) is 5.28. The van der Waals surface area contributed by atoms with Gasteiger partial charge in [0.1, 0.15) is 5.82 Å². The summed E-state index contributed by atoms with van der Waals surface area (Å²) in [6.07, 6.45) is 10.4. The minimum Gasteiger partial charge on any atom is -0.338 e. The van der Waals surface area contributed by atoms with Crippen molar-refractivity contribution in [3.05, 3.63) is 5.82 Å². The summed E-state index contributed by atoms with van der Waals surface area (Å²) in [5.41, 5.74) is 6.19. The zero-order valence-electron chi connectivity index (χ0n) is 13.2. The molecule has 1 saturated heterocycles. The fourth-order valence-electron chi connectivity index (χ4n) is 3.60. The van der Waals surface area contributed by atoms with E-state index in [0.717, 1.165) is 31.3 Å². The Morgan fingerprint density at radius 1 is 1.10 bits per heavy atom. The number of H-pyrrole nitrogens is 1. The molecule has 1 aromatic rings. The molecule has 2 fully saturated rings. The van der Waals surface area contributed by atoms with Crippen molar-refractivity contribution in [3.8, 4) is 0 Å². The van der Waals surface area contributed by atoms with Crippen LogP contribution in [-0.4, -0.2) is 34.3 Å². The summed E-state index contributed by atoms with van der Waals surface area (Å²) in [5, 5.41) is 7.67. The summed E-state index contributed by atoms with van der Waals surface area (Å²) in [5.74, 6) is 3.13. The average molecular weight is 291 g/mol. The monoisotopic (exact) mass is 291 g/mol. The summed E-state index contributed by atoms with van der Waals surface area (Å²) in [4.78, 5) is 7.04. The molecule has 3 N–H and O–H groups in total. The number of aromatic nitrogens is 3. The molecule has 1 aliphatic carbocycles. The first-order valence-electron chi connectivity index (χ1n) is 8.67. The molecule has 1 saturated carbocycles. The molecule has 3 rings (SSSR count). The molecule has 5 heteroatoms. The smallest absolute Gasteiger partial charge is 0.244 e. The second-order valence-electron chi connectivity index (χ2n) is 6.94. The molecular formula is C16H29N5. The van der Waals surface area contributed by atoms with Crippen LogP contribution in [0.25, 0.3) is 0 Å². The zero-order valence-corrected chi connectivity index (χ0v) is 13.2. The van der Waals surface area contributed by atoms with E-state index in [1.165, 1.54) is 44.9 Å². The Kier molecular flexibility index (Phi) is 4.78. The standard InChI is InChI=1S/C16H29N5/c1-12-9-10-21(11-14(12)17)16-18-15(19-20-16)13-7-5-3-2-4-6-8-13/h12-14H,2-11,17H2,1H3,(H,18,19,20). The van der Waals surface area contributed by atoms with Crippen LogP contribution in [0.2, 0.25) is 0 Å². The lowest BCUT2D eigenvalue weighted by Gasteiger charge is -2.34. The largest absolute Gasteiger partial charge is 0.338 e. The highest BCUT2D eigenvalue weighted by molar-refractivity contribution is 5.30. The van der Waals surface area contributed by atoms with Gasteiger partial charge >= 0.3 is 0 Å². The average Bonchev–Trinajstić information content (AvgIpc) is 2.91. The van der Waals surface area contributed by atoms with Crippen molar-refractivity contribution in [2.24, 2.45) is 11.7 Å². The van der Waals surface area contributed by atoms with Gasteiger partial charge in [0.2, 0.25) is 5.95 Å². The first-order valence-corrected chi connectivity index (χ1v) is 8.67. The van der Waals surface area contributed by atoms with Gasteiger partial charge in [-0.2, -0.15) is 4.98 Å². The Bertz CT molecular complexity index is 416. The number of nitrogens with one attached hydrogen (secondary N) is 1. The number of nitrogens with zero attached hydrogens (tertiary/aromatic N) is 3. The van der Waals surface area contributed by atoms with E-state index in [2.05, 4.69) is 22.0 Å². The first kappa shape index (κ1) is 14.8. The number of anilines is 1. The summed E-state index contributed by atoms with van der Waals surface area (Å²) in [6, 6.07) is 0.238. The van der Waals surface area contributed by atoms with Crippen LogP contribution in [-0.2, 0) is 0 Å². The topological polar surface area (TPSA) is 70.8 Å². The van der Waals surface area contributed by atoms with Gasteiger partial charge in [0.25, 0.3) is 0 Å². The molecule has 1 aliphatic heterocycles. The van der Waals surface area contributed by atoms with Crippen molar-refractivity contribution in [1.82, 2.24) is 15.2 Å². The quantitative estimate of drug-likeness (QED) is 0.879. The molecule has 0 radical (unpaired) electrons. The van der Waals surface area contributed by atoms with E-state index in [1.807, 2.05) is 0 Å². The molecule has 0 spiro atoms. The second-order valence-corrected chi connectivity index (χ2v) is 6.94. The SMILES string of the molecule is CC1CCN(c2n[nH]c(C3CCCCCCC3)n2)CC1N. The van der Waals surface area contributed by atoms with E-state index >= 15 is 0 Å². The molecule has 1 aromatic heterocycles. The van der Waals surface area contributed by atoms with Gasteiger partial charge in [-0.15, -0.1) is 5.10 Å². The number of piperidine rings is 1. The lowest BCUT2D eigenvalue weighted by molar-refractivity contribution is 0.376. The molecule has 2 heterocycles. The maximum absolute atomic E-state index is 6.19. The second kappa shape index (κ2) is 6.77. The van der Waals surface area contributed by atoms with Crippen LogP contribution in [0, 0.1) is 5.92 Å². The number of hydrogen-bond donors (Lipinski definition) is 2. The van der Waals surface area contributed by atoms with Gasteiger partial charge < -0.3 is 10.6 Å². The van der Waals surface area contributed by atoms with Crippen molar-refractivity contribution >= 4 is 5.95 Å². The molecule has 5 nitrogen and oxygen atoms in total. The normalized spacial score (nSPS) is 29.1. The summed E-state index contributed by atoms with van der Waals surface area (Å²) >= 11 is 0. The summed E-state index contributed by atoms with van der Waals surface area (Å²) < 4.78 is 0. The Morgan fingerprint density at radius 2 is 1.81 bits per heavy atom. The highest BCUT2D eigenvalue weighted by Gasteiger charge is 2.26. The number of nitrogens with two attached hydrogens (primary N) is 1. The fourth-order valence-corrected chi connectivity index (χ4v) is 3.60. The highest BCUT2D eigenvalue weighted by atomic mass is 15.4. The first-order chi connectivity index (χ1) is 10.2. The van der Waals surface area contributed by atoms with Crippen LogP contribution in [0.15, 0.2) is 0 Å². The van der Waals surface area contributed by atoms with Crippen molar-refractivity contribution in [2.75, 3.05) is 18.0 Å². The maximum atomic E-state index is 6.19. The summed E-state index contributed by atoms with van der Waals surface area (Å²) in [6.45, 7) is 4.14. The molecule has 118 valence electrons. The van der Waals surface area contributed by atoms with Crippen LogP contribution in [0.5, 0.6) is 0 Å². The Labute approximate surface area is 127 Å². The van der Waals surface area contributed by atoms with Gasteiger partial charge in [-0.25, -0.2) is 0 Å². The Morgan fingerprint density at radius 3 is 2.52 bits per heavy atom. The van der Waals surface area contributed by atoms with Crippen LogP contribution >= 0.6 is 0 Å². The van der Waals surface area contributed by atoms with Crippen LogP contribution in [0.3, 0.4) is 0 Å². The third-order valence-corrected chi connectivity index (χ3v) is 5.28. The number of aromatic amines is 1. The lowest BCUT2D eigenvalue weighted by Crippen LogP contribution is -2.48. The van der Waals surface area contributed by atoms with Gasteiger partial charge in [0, 0.05) is 25.0 Å². The van der Waals surface area contributed by atoms with E-state index in [-0.39, 0.29) is 6.04 Å². The van der Waals surface area contributed by atoms with Crippen molar-refractivity contribution in [1.29, 1.82) is 0 Å². The van der Waals surface area contributed by atoms with Gasteiger partial charge in [-0.3, -0.25) is 5.10 Å². The predicted molar refractivity (Wildman–Crippen MR) is 85.4 cm³/mol. The Hall–Kier alpha value is -1.10.